The van der Waals surface area contributed by atoms with E-state index in [-0.39, 0.29) is 36.0 Å². The van der Waals surface area contributed by atoms with Gasteiger partial charge in [0.25, 0.3) is 5.88 Å². The Balaban J connectivity index is 1.01. The van der Waals surface area contributed by atoms with E-state index >= 15 is 0 Å². The Hall–Kier alpha value is -3.32. The van der Waals surface area contributed by atoms with Crippen molar-refractivity contribution in [1.29, 1.82) is 0 Å². The zero-order chi connectivity index (χ0) is 33.1. The number of hydrogen-bond donors (Lipinski definition) is 2. The number of aliphatic hydroxyl groups is 1. The third-order valence-electron chi connectivity index (χ3n) is 9.86. The van der Waals surface area contributed by atoms with Gasteiger partial charge in [0.2, 0.25) is 11.8 Å². The molecule has 0 saturated carbocycles. The summed E-state index contributed by atoms with van der Waals surface area (Å²) < 4.78 is 11.8. The molecule has 0 aliphatic carbocycles. The Morgan fingerprint density at radius 1 is 1.06 bits per heavy atom. The number of aryl methyl sites for hydroxylation is 1. The molecule has 0 unspecified atom stereocenters. The van der Waals surface area contributed by atoms with E-state index in [2.05, 4.69) is 37.4 Å². The number of amides is 2. The van der Waals surface area contributed by atoms with Gasteiger partial charge in [-0.2, -0.15) is 0 Å². The molecule has 3 saturated heterocycles. The number of aromatic nitrogens is 2. The van der Waals surface area contributed by atoms with Crippen molar-refractivity contribution in [3.63, 3.8) is 0 Å². The normalized spacial score (nSPS) is 21.1. The standard InChI is InChI=1S/C35H48N6O5S/c1-22(2)32(30-18-31(38-46-30)45-28-19-40(20-28)17-16-39-14-11-27(42)12-15-39)35(44)41-13-5-6-29(41)34(43)37-23(3)25-7-9-26(10-8-25)33-24(4)36-21-47-33/h7-10,18,21-23,27-29,32,42H,5-6,11-17,19-20H2,1-4H3,(H,37,43)/t23-,29-,32+/m0/s1. The average Bonchev–Trinajstić information content (AvgIpc) is 3.81. The van der Waals surface area contributed by atoms with Gasteiger partial charge in [0.15, 0.2) is 5.76 Å². The van der Waals surface area contributed by atoms with E-state index in [0.717, 1.165) is 80.2 Å². The molecule has 2 N–H and O–H groups in total. The van der Waals surface area contributed by atoms with E-state index in [0.29, 0.717) is 24.6 Å². The first-order valence-corrected chi connectivity index (χ1v) is 17.9. The fraction of sp³-hybridized carbons (Fsp3) is 0.600. The molecule has 254 valence electrons. The van der Waals surface area contributed by atoms with Crippen LogP contribution in [0.15, 0.2) is 40.4 Å². The number of piperidine rings is 1. The number of likely N-dealkylation sites (tertiary alicyclic amines) is 3. The van der Waals surface area contributed by atoms with Crippen LogP contribution >= 0.6 is 11.3 Å². The van der Waals surface area contributed by atoms with Crippen LogP contribution in [0.25, 0.3) is 10.4 Å². The highest BCUT2D eigenvalue weighted by Gasteiger charge is 2.41. The van der Waals surface area contributed by atoms with Gasteiger partial charge in [0.1, 0.15) is 18.1 Å². The largest absolute Gasteiger partial charge is 0.469 e. The number of nitrogens with one attached hydrogen (secondary N) is 1. The summed E-state index contributed by atoms with van der Waals surface area (Å²) in [7, 11) is 0. The molecule has 3 aromatic rings. The lowest BCUT2D eigenvalue weighted by Gasteiger charge is -2.40. The molecule has 3 atom stereocenters. The van der Waals surface area contributed by atoms with Crippen LogP contribution in [0.3, 0.4) is 0 Å². The average molecular weight is 665 g/mol. The first-order valence-electron chi connectivity index (χ1n) is 17.0. The van der Waals surface area contributed by atoms with E-state index in [1.165, 1.54) is 0 Å². The van der Waals surface area contributed by atoms with Gasteiger partial charge in [0, 0.05) is 51.9 Å². The Morgan fingerprint density at radius 2 is 1.79 bits per heavy atom. The molecule has 2 aromatic heterocycles. The molecule has 6 rings (SSSR count). The number of ether oxygens (including phenoxy) is 1. The fourth-order valence-electron chi connectivity index (χ4n) is 6.96. The number of aliphatic hydroxyl groups excluding tert-OH is 1. The smallest absolute Gasteiger partial charge is 0.254 e. The van der Waals surface area contributed by atoms with Crippen LogP contribution < -0.4 is 10.1 Å². The SMILES string of the molecule is Cc1ncsc1-c1ccc([C@H](C)NC(=O)[C@@H]2CCCN2C(=O)[C@@H](c2cc(OC3CN(CCN4CCC(O)CC4)C3)no2)C(C)C)cc1. The molecule has 47 heavy (non-hydrogen) atoms. The lowest BCUT2D eigenvalue weighted by molar-refractivity contribution is -0.141. The maximum atomic E-state index is 14.0. The molecule has 5 heterocycles. The number of rotatable bonds is 12. The number of carbonyl (C=O) groups is 2. The zero-order valence-electron chi connectivity index (χ0n) is 27.9. The molecule has 1 aromatic carbocycles. The van der Waals surface area contributed by atoms with Crippen molar-refractivity contribution in [3.8, 4) is 16.3 Å². The van der Waals surface area contributed by atoms with Crippen molar-refractivity contribution in [1.82, 2.24) is 30.2 Å². The topological polar surface area (TPSA) is 124 Å². The Kier molecular flexibility index (Phi) is 10.6. The van der Waals surface area contributed by atoms with Crippen molar-refractivity contribution in [2.75, 3.05) is 45.8 Å². The maximum absolute atomic E-state index is 14.0. The van der Waals surface area contributed by atoms with Gasteiger partial charge >= 0.3 is 0 Å². The first kappa shape index (κ1) is 33.6. The summed E-state index contributed by atoms with van der Waals surface area (Å²) in [6, 6.07) is 9.23. The molecule has 0 spiro atoms. The predicted octanol–water partition coefficient (Wildman–Crippen LogP) is 4.23. The van der Waals surface area contributed by atoms with Gasteiger partial charge in [-0.1, -0.05) is 38.1 Å². The third-order valence-corrected chi connectivity index (χ3v) is 10.8. The number of hydrogen-bond acceptors (Lipinski definition) is 10. The minimum Gasteiger partial charge on any atom is -0.469 e. The van der Waals surface area contributed by atoms with Crippen LogP contribution in [0.4, 0.5) is 0 Å². The Bertz CT molecular complexity index is 1490. The van der Waals surface area contributed by atoms with E-state index in [1.54, 1.807) is 22.3 Å². The summed E-state index contributed by atoms with van der Waals surface area (Å²) in [4.78, 5) is 39.5. The van der Waals surface area contributed by atoms with Crippen LogP contribution in [-0.4, -0.2) is 106 Å². The van der Waals surface area contributed by atoms with E-state index in [1.807, 2.05) is 45.3 Å². The quantitative estimate of drug-likeness (QED) is 0.293. The van der Waals surface area contributed by atoms with Crippen molar-refractivity contribution in [2.24, 2.45) is 5.92 Å². The summed E-state index contributed by atoms with van der Waals surface area (Å²) in [6.07, 6.45) is 3.00. The zero-order valence-corrected chi connectivity index (χ0v) is 28.7. The van der Waals surface area contributed by atoms with Gasteiger partial charge in [-0.25, -0.2) is 4.98 Å². The van der Waals surface area contributed by atoms with Crippen LogP contribution in [0.1, 0.15) is 75.4 Å². The van der Waals surface area contributed by atoms with Crippen molar-refractivity contribution < 1.29 is 24.0 Å². The van der Waals surface area contributed by atoms with Crippen LogP contribution in [0, 0.1) is 12.8 Å². The highest BCUT2D eigenvalue weighted by atomic mass is 32.1. The van der Waals surface area contributed by atoms with Crippen LogP contribution in [-0.2, 0) is 9.59 Å². The summed E-state index contributed by atoms with van der Waals surface area (Å²) in [5, 5.41) is 17.0. The van der Waals surface area contributed by atoms with Crippen LogP contribution in [0.5, 0.6) is 5.88 Å². The second-order valence-electron chi connectivity index (χ2n) is 13.7. The highest BCUT2D eigenvalue weighted by molar-refractivity contribution is 7.13. The summed E-state index contributed by atoms with van der Waals surface area (Å²) in [5.41, 5.74) is 4.98. The van der Waals surface area contributed by atoms with E-state index < -0.39 is 12.0 Å². The molecule has 0 bridgehead atoms. The molecule has 2 amide bonds. The molecule has 3 aliphatic heterocycles. The molecule has 12 heteroatoms. The monoisotopic (exact) mass is 664 g/mol. The minimum atomic E-state index is -0.561. The minimum absolute atomic E-state index is 0.0333. The number of thiazole rings is 1. The molecular weight excluding hydrogens is 616 g/mol. The maximum Gasteiger partial charge on any atom is 0.254 e. The molecule has 3 aliphatic rings. The van der Waals surface area contributed by atoms with Gasteiger partial charge in [-0.05, 0) is 61.7 Å². The van der Waals surface area contributed by atoms with Gasteiger partial charge in [-0.3, -0.25) is 14.5 Å². The van der Waals surface area contributed by atoms with Gasteiger partial charge < -0.3 is 29.5 Å². The lowest BCUT2D eigenvalue weighted by atomic mass is 9.91. The van der Waals surface area contributed by atoms with Crippen LogP contribution in [0.2, 0.25) is 0 Å². The lowest BCUT2D eigenvalue weighted by Crippen LogP contribution is -2.55. The number of nitrogens with zero attached hydrogens (tertiary/aromatic N) is 5. The van der Waals surface area contributed by atoms with E-state index in [9.17, 15) is 14.7 Å². The third kappa shape index (κ3) is 7.88. The highest BCUT2D eigenvalue weighted by Crippen LogP contribution is 2.33. The predicted molar refractivity (Wildman–Crippen MR) is 180 cm³/mol. The second-order valence-corrected chi connectivity index (χ2v) is 14.5. The Morgan fingerprint density at radius 3 is 2.47 bits per heavy atom. The summed E-state index contributed by atoms with van der Waals surface area (Å²) >= 11 is 1.62. The van der Waals surface area contributed by atoms with Crippen molar-refractivity contribution in [2.45, 2.75) is 83.6 Å². The second kappa shape index (κ2) is 14.8. The number of benzene rings is 1. The first-order chi connectivity index (χ1) is 22.7. The van der Waals surface area contributed by atoms with Crippen molar-refractivity contribution in [3.05, 3.63) is 52.9 Å². The fourth-order valence-corrected chi connectivity index (χ4v) is 7.77. The van der Waals surface area contributed by atoms with E-state index in [4.69, 9.17) is 9.26 Å². The summed E-state index contributed by atoms with van der Waals surface area (Å²) in [6.45, 7) is 14.0. The molecular formula is C35H48N6O5S. The molecule has 11 nitrogen and oxygen atoms in total. The number of carbonyl (C=O) groups excluding carboxylic acids is 2. The molecule has 3 fully saturated rings. The Labute approximate surface area is 281 Å². The van der Waals surface area contributed by atoms with Gasteiger partial charge in [-0.15, -0.1) is 11.3 Å². The summed E-state index contributed by atoms with van der Waals surface area (Å²) in [5.74, 6) is 0.00426. The van der Waals surface area contributed by atoms with Gasteiger partial charge in [0.05, 0.1) is 28.2 Å². The molecule has 0 radical (unpaired) electrons. The van der Waals surface area contributed by atoms with Crippen molar-refractivity contribution >= 4 is 23.2 Å².